The van der Waals surface area contributed by atoms with Gasteiger partial charge in [0.15, 0.2) is 6.61 Å². The number of halogens is 1. The number of hydrogen-bond donors (Lipinski definition) is 1. The van der Waals surface area contributed by atoms with Gasteiger partial charge >= 0.3 is 0 Å². The number of para-hydroxylation sites is 1. The molecule has 1 amide bonds. The molecule has 0 fully saturated rings. The first kappa shape index (κ1) is 18.4. The van der Waals surface area contributed by atoms with Gasteiger partial charge < -0.3 is 10.1 Å². The van der Waals surface area contributed by atoms with Gasteiger partial charge in [0.25, 0.3) is 11.6 Å². The van der Waals surface area contributed by atoms with E-state index in [9.17, 15) is 19.3 Å². The van der Waals surface area contributed by atoms with Crippen LogP contribution in [-0.4, -0.2) is 17.4 Å². The molecule has 7 heteroatoms. The van der Waals surface area contributed by atoms with E-state index >= 15 is 0 Å². The quantitative estimate of drug-likeness (QED) is 0.600. The molecule has 0 radical (unpaired) electrons. The topological polar surface area (TPSA) is 81.5 Å². The van der Waals surface area contributed by atoms with Crippen molar-refractivity contribution in [2.24, 2.45) is 0 Å². The average Bonchev–Trinajstić information content (AvgIpc) is 2.61. The number of hydrogen-bond acceptors (Lipinski definition) is 4. The zero-order chi connectivity index (χ0) is 18.4. The number of carbonyl (C=O) groups is 1. The highest BCUT2D eigenvalue weighted by molar-refractivity contribution is 5.92. The lowest BCUT2D eigenvalue weighted by molar-refractivity contribution is -0.384. The Morgan fingerprint density at radius 1 is 1.32 bits per heavy atom. The first-order valence-electron chi connectivity index (χ1n) is 7.87. The number of rotatable bonds is 7. The number of nitro benzene ring substituents is 1. The van der Waals surface area contributed by atoms with Crippen molar-refractivity contribution in [1.82, 2.24) is 0 Å². The van der Waals surface area contributed by atoms with Gasteiger partial charge in [0.1, 0.15) is 11.6 Å². The number of amides is 1. The lowest BCUT2D eigenvalue weighted by Crippen LogP contribution is -2.21. The zero-order valence-corrected chi connectivity index (χ0v) is 14.0. The summed E-state index contributed by atoms with van der Waals surface area (Å²) in [4.78, 5) is 22.1. The number of ether oxygens (including phenoxy) is 1. The second-order valence-electron chi connectivity index (χ2n) is 5.61. The van der Waals surface area contributed by atoms with Gasteiger partial charge in [-0.1, -0.05) is 32.0 Å². The van der Waals surface area contributed by atoms with E-state index in [1.165, 1.54) is 0 Å². The van der Waals surface area contributed by atoms with E-state index in [0.717, 1.165) is 30.2 Å². The van der Waals surface area contributed by atoms with Crippen molar-refractivity contribution in [2.45, 2.75) is 26.2 Å². The van der Waals surface area contributed by atoms with Gasteiger partial charge in [-0.15, -0.1) is 0 Å². The lowest BCUT2D eigenvalue weighted by Gasteiger charge is -2.15. The SMILES string of the molecule is CCC(C)c1ccccc1OCC(=O)Nc1cc([N+](=O)[O-])ccc1F. The maximum atomic E-state index is 13.7. The fraction of sp³-hybridized carbons (Fsp3) is 0.278. The third-order valence-electron chi connectivity index (χ3n) is 3.86. The Morgan fingerprint density at radius 2 is 2.04 bits per heavy atom. The van der Waals surface area contributed by atoms with Crippen LogP contribution in [0.25, 0.3) is 0 Å². The molecule has 0 bridgehead atoms. The summed E-state index contributed by atoms with van der Waals surface area (Å²) in [6.07, 6.45) is 0.922. The van der Waals surface area contributed by atoms with Crippen LogP contribution in [0.15, 0.2) is 42.5 Å². The summed E-state index contributed by atoms with van der Waals surface area (Å²) in [6, 6.07) is 10.3. The number of nitro groups is 1. The van der Waals surface area contributed by atoms with Gasteiger partial charge in [0.2, 0.25) is 0 Å². The van der Waals surface area contributed by atoms with Gasteiger partial charge in [-0.2, -0.15) is 0 Å². The largest absolute Gasteiger partial charge is 0.483 e. The number of carbonyl (C=O) groups excluding carboxylic acids is 1. The fourth-order valence-corrected chi connectivity index (χ4v) is 2.29. The van der Waals surface area contributed by atoms with Crippen LogP contribution in [0.4, 0.5) is 15.8 Å². The van der Waals surface area contributed by atoms with Crippen molar-refractivity contribution < 1.29 is 18.8 Å². The maximum Gasteiger partial charge on any atom is 0.271 e. The second-order valence-corrected chi connectivity index (χ2v) is 5.61. The van der Waals surface area contributed by atoms with Crippen molar-refractivity contribution in [1.29, 1.82) is 0 Å². The summed E-state index contributed by atoms with van der Waals surface area (Å²) >= 11 is 0. The van der Waals surface area contributed by atoms with Crippen LogP contribution in [-0.2, 0) is 4.79 Å². The van der Waals surface area contributed by atoms with Crippen LogP contribution in [0.2, 0.25) is 0 Å². The summed E-state index contributed by atoms with van der Waals surface area (Å²) in [5, 5.41) is 13.0. The van der Waals surface area contributed by atoms with E-state index in [-0.39, 0.29) is 23.9 Å². The Hall–Kier alpha value is -2.96. The van der Waals surface area contributed by atoms with Crippen molar-refractivity contribution in [3.8, 4) is 5.75 Å². The molecular formula is C18H19FN2O4. The van der Waals surface area contributed by atoms with E-state index < -0.39 is 16.6 Å². The molecule has 2 aromatic carbocycles. The second kappa shape index (κ2) is 8.23. The molecule has 2 rings (SSSR count). The first-order chi connectivity index (χ1) is 11.9. The van der Waals surface area contributed by atoms with Crippen LogP contribution in [0.1, 0.15) is 31.7 Å². The minimum absolute atomic E-state index is 0.252. The number of benzene rings is 2. The molecule has 0 aliphatic heterocycles. The summed E-state index contributed by atoms with van der Waals surface area (Å²) in [5.41, 5.74) is 0.428. The number of anilines is 1. The van der Waals surface area contributed by atoms with Gasteiger partial charge in [0.05, 0.1) is 10.6 Å². The molecule has 0 heterocycles. The van der Waals surface area contributed by atoms with Gasteiger partial charge in [-0.25, -0.2) is 4.39 Å². The monoisotopic (exact) mass is 346 g/mol. The molecule has 1 atom stereocenters. The van der Waals surface area contributed by atoms with Gasteiger partial charge in [0, 0.05) is 12.1 Å². The molecule has 25 heavy (non-hydrogen) atoms. The summed E-state index contributed by atoms with van der Waals surface area (Å²) in [7, 11) is 0. The minimum Gasteiger partial charge on any atom is -0.483 e. The van der Waals surface area contributed by atoms with Crippen LogP contribution in [0.5, 0.6) is 5.75 Å². The predicted octanol–water partition coefficient (Wildman–Crippen LogP) is 4.26. The Morgan fingerprint density at radius 3 is 2.72 bits per heavy atom. The van der Waals surface area contributed by atoms with Crippen LogP contribution < -0.4 is 10.1 Å². The molecule has 0 aliphatic rings. The molecule has 6 nitrogen and oxygen atoms in total. The summed E-state index contributed by atoms with van der Waals surface area (Å²) < 4.78 is 19.2. The number of nitrogens with zero attached hydrogens (tertiary/aromatic N) is 1. The normalized spacial score (nSPS) is 11.6. The molecule has 0 saturated carbocycles. The van der Waals surface area contributed by atoms with Crippen molar-refractivity contribution >= 4 is 17.3 Å². The predicted molar refractivity (Wildman–Crippen MR) is 92.3 cm³/mol. The number of non-ortho nitro benzene ring substituents is 1. The van der Waals surface area contributed by atoms with Gasteiger partial charge in [-0.05, 0) is 30.0 Å². The molecule has 132 valence electrons. The van der Waals surface area contributed by atoms with E-state index in [2.05, 4.69) is 19.2 Å². The smallest absolute Gasteiger partial charge is 0.271 e. The van der Waals surface area contributed by atoms with E-state index in [0.29, 0.717) is 5.75 Å². The summed E-state index contributed by atoms with van der Waals surface area (Å²) in [5.74, 6) is -0.489. The molecule has 2 aromatic rings. The highest BCUT2D eigenvalue weighted by atomic mass is 19.1. The standard InChI is InChI=1S/C18H19FN2O4/c1-3-12(2)14-6-4-5-7-17(14)25-11-18(22)20-16-10-13(21(23)24)8-9-15(16)19/h4-10,12H,3,11H2,1-2H3,(H,20,22). The molecule has 0 aliphatic carbocycles. The third-order valence-corrected chi connectivity index (χ3v) is 3.86. The molecule has 0 aromatic heterocycles. The van der Waals surface area contributed by atoms with E-state index in [1.807, 2.05) is 12.1 Å². The lowest BCUT2D eigenvalue weighted by atomic mass is 9.98. The summed E-state index contributed by atoms with van der Waals surface area (Å²) in [6.45, 7) is 3.79. The highest BCUT2D eigenvalue weighted by Crippen LogP contribution is 2.28. The Kier molecular flexibility index (Phi) is 6.05. The Labute approximate surface area is 144 Å². The highest BCUT2D eigenvalue weighted by Gasteiger charge is 2.15. The van der Waals surface area contributed by atoms with E-state index in [4.69, 9.17) is 4.74 Å². The Balaban J connectivity index is 2.05. The van der Waals surface area contributed by atoms with Gasteiger partial charge in [-0.3, -0.25) is 14.9 Å². The van der Waals surface area contributed by atoms with E-state index in [1.54, 1.807) is 12.1 Å². The van der Waals surface area contributed by atoms with Crippen molar-refractivity contribution in [3.05, 3.63) is 64.0 Å². The molecular weight excluding hydrogens is 327 g/mol. The van der Waals surface area contributed by atoms with Crippen LogP contribution in [0, 0.1) is 15.9 Å². The van der Waals surface area contributed by atoms with Crippen LogP contribution in [0.3, 0.4) is 0 Å². The molecule has 0 spiro atoms. The van der Waals surface area contributed by atoms with Crippen molar-refractivity contribution in [3.63, 3.8) is 0 Å². The van der Waals surface area contributed by atoms with Crippen molar-refractivity contribution in [2.75, 3.05) is 11.9 Å². The molecule has 0 saturated heterocycles. The first-order valence-corrected chi connectivity index (χ1v) is 7.87. The number of nitrogens with one attached hydrogen (secondary N) is 1. The molecule has 1 unspecified atom stereocenters. The fourth-order valence-electron chi connectivity index (χ4n) is 2.29. The Bertz CT molecular complexity index is 779. The third kappa shape index (κ3) is 4.76. The zero-order valence-electron chi connectivity index (χ0n) is 14.0. The average molecular weight is 346 g/mol. The minimum atomic E-state index is -0.751. The maximum absolute atomic E-state index is 13.7. The molecule has 1 N–H and O–H groups in total. The van der Waals surface area contributed by atoms with Crippen LogP contribution >= 0.6 is 0 Å².